The minimum atomic E-state index is -0.409. The highest BCUT2D eigenvalue weighted by Crippen LogP contribution is 2.25. The van der Waals surface area contributed by atoms with Crippen LogP contribution >= 0.6 is 0 Å². The van der Waals surface area contributed by atoms with E-state index in [1.807, 2.05) is 0 Å². The summed E-state index contributed by atoms with van der Waals surface area (Å²) in [6.07, 6.45) is 1.36. The number of ether oxygens (including phenoxy) is 1. The number of hydrogen-bond acceptors (Lipinski definition) is 4. The highest BCUT2D eigenvalue weighted by molar-refractivity contribution is 5.63. The number of nitrogens with zero attached hydrogens (tertiary/aromatic N) is 2. The van der Waals surface area contributed by atoms with Gasteiger partial charge in [-0.15, -0.1) is 0 Å². The molecule has 0 aliphatic heterocycles. The predicted octanol–water partition coefficient (Wildman–Crippen LogP) is 1.87. The fourth-order valence-electron chi connectivity index (χ4n) is 1.35. The maximum absolute atomic E-state index is 13.2. The SMILES string of the molecule is COc1cc(-c2cc(N)ncn2)ccc1F. The maximum atomic E-state index is 13.2. The molecule has 0 radical (unpaired) electrons. The zero-order valence-corrected chi connectivity index (χ0v) is 8.64. The van der Waals surface area contributed by atoms with E-state index in [0.717, 1.165) is 5.56 Å². The van der Waals surface area contributed by atoms with Crippen molar-refractivity contribution < 1.29 is 9.13 Å². The molecule has 0 spiro atoms. The summed E-state index contributed by atoms with van der Waals surface area (Å²) in [4.78, 5) is 7.83. The van der Waals surface area contributed by atoms with Gasteiger partial charge >= 0.3 is 0 Å². The molecule has 5 heteroatoms. The standard InChI is InChI=1S/C11H10FN3O/c1-16-10-4-7(2-3-8(10)12)9-5-11(13)15-6-14-9/h2-6H,1H3,(H2,13,14,15). The normalized spacial score (nSPS) is 10.1. The average molecular weight is 219 g/mol. The summed E-state index contributed by atoms with van der Waals surface area (Å²) in [5, 5.41) is 0. The summed E-state index contributed by atoms with van der Waals surface area (Å²) < 4.78 is 18.1. The van der Waals surface area contributed by atoms with Crippen LogP contribution in [0.5, 0.6) is 5.75 Å². The molecular formula is C11H10FN3O. The third kappa shape index (κ3) is 1.93. The van der Waals surface area contributed by atoms with Crippen molar-refractivity contribution in [2.24, 2.45) is 0 Å². The number of nitrogen functional groups attached to an aromatic ring is 1. The Bertz CT molecular complexity index is 516. The van der Waals surface area contributed by atoms with Gasteiger partial charge in [0.2, 0.25) is 0 Å². The largest absolute Gasteiger partial charge is 0.494 e. The minimum absolute atomic E-state index is 0.176. The number of nitrogens with two attached hydrogens (primary N) is 1. The van der Waals surface area contributed by atoms with Crippen LogP contribution in [0.15, 0.2) is 30.6 Å². The summed E-state index contributed by atoms with van der Waals surface area (Å²) in [6, 6.07) is 6.12. The molecule has 4 nitrogen and oxygen atoms in total. The Morgan fingerprint density at radius 1 is 1.25 bits per heavy atom. The van der Waals surface area contributed by atoms with Crippen LogP contribution in [0.2, 0.25) is 0 Å². The molecule has 0 fully saturated rings. The molecule has 1 aromatic carbocycles. The average Bonchev–Trinajstić information content (AvgIpc) is 2.29. The van der Waals surface area contributed by atoms with E-state index in [1.54, 1.807) is 18.2 Å². The van der Waals surface area contributed by atoms with Gasteiger partial charge < -0.3 is 10.5 Å². The van der Waals surface area contributed by atoms with Crippen molar-refractivity contribution in [2.75, 3.05) is 12.8 Å². The minimum Gasteiger partial charge on any atom is -0.494 e. The molecule has 0 aliphatic carbocycles. The number of hydrogen-bond donors (Lipinski definition) is 1. The smallest absolute Gasteiger partial charge is 0.165 e. The van der Waals surface area contributed by atoms with E-state index in [-0.39, 0.29) is 5.75 Å². The van der Waals surface area contributed by atoms with Gasteiger partial charge in [-0.3, -0.25) is 0 Å². The first-order valence-electron chi connectivity index (χ1n) is 4.62. The Hall–Kier alpha value is -2.17. The summed E-state index contributed by atoms with van der Waals surface area (Å²) in [6.45, 7) is 0. The van der Waals surface area contributed by atoms with Gasteiger partial charge in [-0.2, -0.15) is 0 Å². The zero-order valence-electron chi connectivity index (χ0n) is 8.64. The van der Waals surface area contributed by atoms with Crippen LogP contribution in [0, 0.1) is 5.82 Å². The van der Waals surface area contributed by atoms with Crippen LogP contribution in [0.1, 0.15) is 0 Å². The Balaban J connectivity index is 2.48. The second kappa shape index (κ2) is 4.14. The summed E-state index contributed by atoms with van der Waals surface area (Å²) in [5.74, 6) is 0.135. The molecule has 0 bridgehead atoms. The molecule has 82 valence electrons. The zero-order chi connectivity index (χ0) is 11.5. The summed E-state index contributed by atoms with van der Waals surface area (Å²) in [7, 11) is 1.41. The second-order valence-electron chi connectivity index (χ2n) is 3.18. The van der Waals surface area contributed by atoms with Crippen LogP contribution in [0.3, 0.4) is 0 Å². The number of benzene rings is 1. The van der Waals surface area contributed by atoms with E-state index in [9.17, 15) is 4.39 Å². The second-order valence-corrected chi connectivity index (χ2v) is 3.18. The lowest BCUT2D eigenvalue weighted by Gasteiger charge is -2.05. The molecule has 2 aromatic rings. The molecule has 2 rings (SSSR count). The van der Waals surface area contributed by atoms with Crippen molar-refractivity contribution in [1.29, 1.82) is 0 Å². The van der Waals surface area contributed by atoms with Gasteiger partial charge in [0.1, 0.15) is 12.1 Å². The van der Waals surface area contributed by atoms with Crippen molar-refractivity contribution in [3.05, 3.63) is 36.4 Å². The highest BCUT2D eigenvalue weighted by atomic mass is 19.1. The number of methoxy groups -OCH3 is 1. The van der Waals surface area contributed by atoms with Crippen molar-refractivity contribution in [2.45, 2.75) is 0 Å². The first kappa shape index (κ1) is 10.4. The predicted molar refractivity (Wildman–Crippen MR) is 58.4 cm³/mol. The molecule has 0 unspecified atom stereocenters. The van der Waals surface area contributed by atoms with Gasteiger partial charge in [0.05, 0.1) is 12.8 Å². The van der Waals surface area contributed by atoms with Gasteiger partial charge in [-0.05, 0) is 18.2 Å². The first-order chi connectivity index (χ1) is 7.70. The molecule has 1 heterocycles. The molecule has 2 N–H and O–H groups in total. The molecule has 0 saturated carbocycles. The van der Waals surface area contributed by atoms with Crippen molar-refractivity contribution in [3.8, 4) is 17.0 Å². The maximum Gasteiger partial charge on any atom is 0.165 e. The molecule has 0 atom stereocenters. The Labute approximate surface area is 91.9 Å². The number of halogens is 1. The van der Waals surface area contributed by atoms with Gasteiger partial charge in [0.25, 0.3) is 0 Å². The molecule has 0 aliphatic rings. The van der Waals surface area contributed by atoms with E-state index in [2.05, 4.69) is 9.97 Å². The van der Waals surface area contributed by atoms with Gasteiger partial charge in [-0.25, -0.2) is 14.4 Å². The number of aromatic nitrogens is 2. The fourth-order valence-corrected chi connectivity index (χ4v) is 1.35. The number of anilines is 1. The first-order valence-corrected chi connectivity index (χ1v) is 4.62. The molecular weight excluding hydrogens is 209 g/mol. The van der Waals surface area contributed by atoms with Crippen molar-refractivity contribution in [1.82, 2.24) is 9.97 Å². The monoisotopic (exact) mass is 219 g/mol. The third-order valence-electron chi connectivity index (χ3n) is 2.14. The lowest BCUT2D eigenvalue weighted by Crippen LogP contribution is -1.94. The Kier molecular flexibility index (Phi) is 2.68. The van der Waals surface area contributed by atoms with E-state index >= 15 is 0 Å². The molecule has 0 amide bonds. The summed E-state index contributed by atoms with van der Waals surface area (Å²) >= 11 is 0. The lowest BCUT2D eigenvalue weighted by atomic mass is 10.1. The third-order valence-corrected chi connectivity index (χ3v) is 2.14. The van der Waals surface area contributed by atoms with Crippen LogP contribution in [-0.4, -0.2) is 17.1 Å². The topological polar surface area (TPSA) is 61.0 Å². The van der Waals surface area contributed by atoms with Crippen LogP contribution in [0.25, 0.3) is 11.3 Å². The fraction of sp³-hybridized carbons (Fsp3) is 0.0909. The number of rotatable bonds is 2. The van der Waals surface area contributed by atoms with E-state index in [4.69, 9.17) is 10.5 Å². The Morgan fingerprint density at radius 2 is 2.06 bits per heavy atom. The van der Waals surface area contributed by atoms with Gasteiger partial charge in [-0.1, -0.05) is 0 Å². The Morgan fingerprint density at radius 3 is 2.75 bits per heavy atom. The molecule has 0 saturated heterocycles. The highest BCUT2D eigenvalue weighted by Gasteiger charge is 2.06. The molecule has 1 aromatic heterocycles. The van der Waals surface area contributed by atoms with Crippen LogP contribution in [0.4, 0.5) is 10.2 Å². The summed E-state index contributed by atoms with van der Waals surface area (Å²) in [5.41, 5.74) is 6.90. The van der Waals surface area contributed by atoms with E-state index in [1.165, 1.54) is 19.5 Å². The van der Waals surface area contributed by atoms with Crippen LogP contribution in [-0.2, 0) is 0 Å². The molecule has 16 heavy (non-hydrogen) atoms. The van der Waals surface area contributed by atoms with E-state index in [0.29, 0.717) is 11.5 Å². The van der Waals surface area contributed by atoms with Gasteiger partial charge in [0, 0.05) is 11.6 Å². The quantitative estimate of drug-likeness (QED) is 0.837. The van der Waals surface area contributed by atoms with Crippen LogP contribution < -0.4 is 10.5 Å². The van der Waals surface area contributed by atoms with Gasteiger partial charge in [0.15, 0.2) is 11.6 Å². The van der Waals surface area contributed by atoms with Crippen molar-refractivity contribution in [3.63, 3.8) is 0 Å². The van der Waals surface area contributed by atoms with E-state index < -0.39 is 5.82 Å². The van der Waals surface area contributed by atoms with Crippen molar-refractivity contribution >= 4 is 5.82 Å². The lowest BCUT2D eigenvalue weighted by molar-refractivity contribution is 0.387.